The summed E-state index contributed by atoms with van der Waals surface area (Å²) in [5.41, 5.74) is 0.200. The van der Waals surface area contributed by atoms with Gasteiger partial charge in [0.1, 0.15) is 12.2 Å². The van der Waals surface area contributed by atoms with Crippen molar-refractivity contribution >= 4 is 5.97 Å². The van der Waals surface area contributed by atoms with Gasteiger partial charge in [-0.1, -0.05) is 12.1 Å². The van der Waals surface area contributed by atoms with Gasteiger partial charge in [-0.05, 0) is 12.1 Å². The Hall–Kier alpha value is -1.63. The minimum Gasteiger partial charge on any atom is -0.753 e. The third-order valence-electron chi connectivity index (χ3n) is 1.85. The fraction of sp³-hybridized carbons (Fsp3) is 0.364. The van der Waals surface area contributed by atoms with Crippen LogP contribution in [0.5, 0.6) is 5.75 Å². The van der Waals surface area contributed by atoms with Gasteiger partial charge in [-0.15, -0.1) is 0 Å². The highest BCUT2D eigenvalue weighted by molar-refractivity contribution is 5.92. The van der Waals surface area contributed by atoms with E-state index in [2.05, 4.69) is 0 Å². The van der Waals surface area contributed by atoms with E-state index in [-0.39, 0.29) is 23.1 Å². The van der Waals surface area contributed by atoms with Crippen molar-refractivity contribution in [1.29, 1.82) is 0 Å². The molecule has 0 bridgehead atoms. The van der Waals surface area contributed by atoms with Crippen LogP contribution in [0.25, 0.3) is 0 Å². The summed E-state index contributed by atoms with van der Waals surface area (Å²) in [7, 11) is 2.70. The Kier molecular flexibility index (Phi) is 5.41. The lowest BCUT2D eigenvalue weighted by Crippen LogP contribution is -2.17. The van der Waals surface area contributed by atoms with Crippen LogP contribution in [0, 0.1) is 5.21 Å². The van der Waals surface area contributed by atoms with Crippen LogP contribution in [0.15, 0.2) is 24.3 Å². The van der Waals surface area contributed by atoms with Crippen molar-refractivity contribution in [3.8, 4) is 5.75 Å². The van der Waals surface area contributed by atoms with Gasteiger partial charge in [-0.25, -0.2) is 10.0 Å². The summed E-state index contributed by atoms with van der Waals surface area (Å²) in [5.74, 6) is -0.396. The Balaban J connectivity index is 2.71. The van der Waals surface area contributed by atoms with Gasteiger partial charge in [0.15, 0.2) is 5.75 Å². The van der Waals surface area contributed by atoms with E-state index < -0.39 is 5.97 Å². The Labute approximate surface area is 99.2 Å². The van der Waals surface area contributed by atoms with Crippen LogP contribution in [-0.4, -0.2) is 38.6 Å². The molecule has 1 rings (SSSR count). The van der Waals surface area contributed by atoms with Crippen molar-refractivity contribution in [1.82, 2.24) is 5.23 Å². The molecule has 0 amide bonds. The number of hydrogen-bond donors (Lipinski definition) is 0. The third kappa shape index (κ3) is 4.39. The number of para-hydroxylation sites is 1. The van der Waals surface area contributed by atoms with E-state index >= 15 is 0 Å². The van der Waals surface area contributed by atoms with E-state index in [9.17, 15) is 10.0 Å². The molecule has 0 aliphatic heterocycles. The lowest BCUT2D eigenvalue weighted by molar-refractivity contribution is 0.0167. The molecule has 1 aromatic rings. The summed E-state index contributed by atoms with van der Waals surface area (Å²) >= 11 is 0. The van der Waals surface area contributed by atoms with Crippen molar-refractivity contribution in [3.63, 3.8) is 0 Å². The van der Waals surface area contributed by atoms with Crippen molar-refractivity contribution in [3.05, 3.63) is 35.0 Å². The van der Waals surface area contributed by atoms with Crippen LogP contribution in [0.4, 0.5) is 0 Å². The first-order valence-electron chi connectivity index (χ1n) is 4.99. The molecule has 0 atom stereocenters. The predicted octanol–water partition coefficient (Wildman–Crippen LogP) is 1.21. The summed E-state index contributed by atoms with van der Waals surface area (Å²) in [4.78, 5) is 16.5. The molecule has 0 saturated carbocycles. The molecule has 0 fully saturated rings. The van der Waals surface area contributed by atoms with Gasteiger partial charge in [0.2, 0.25) is 0 Å². The first-order chi connectivity index (χ1) is 8.15. The minimum atomic E-state index is -0.556. The van der Waals surface area contributed by atoms with Crippen LogP contribution in [-0.2, 0) is 9.47 Å². The molecule has 0 radical (unpaired) electrons. The lowest BCUT2D eigenvalue weighted by atomic mass is 10.2. The highest BCUT2D eigenvalue weighted by Gasteiger charge is 2.13. The molecular formula is C11H14NO5-. The number of carbonyl (C=O) groups excluding carboxylic acids is 1. The number of hydroxylamine groups is 2. The smallest absolute Gasteiger partial charge is 0.342 e. The Morgan fingerprint density at radius 2 is 2.06 bits per heavy atom. The van der Waals surface area contributed by atoms with E-state index in [4.69, 9.17) is 14.3 Å². The zero-order chi connectivity index (χ0) is 12.7. The fourth-order valence-corrected chi connectivity index (χ4v) is 1.15. The molecule has 1 aromatic carbocycles. The summed E-state index contributed by atoms with van der Waals surface area (Å²) in [6.45, 7) is 0.465. The molecular weight excluding hydrogens is 226 g/mol. The van der Waals surface area contributed by atoms with Crippen molar-refractivity contribution < 1.29 is 19.1 Å². The number of carbonyl (C=O) groups is 1. The maximum atomic E-state index is 11.6. The summed E-state index contributed by atoms with van der Waals surface area (Å²) in [6, 6.07) is 6.35. The van der Waals surface area contributed by atoms with Gasteiger partial charge in [-0.3, -0.25) is 0 Å². The molecule has 0 aliphatic rings. The molecule has 0 heterocycles. The van der Waals surface area contributed by atoms with Gasteiger partial charge in [0.05, 0.1) is 6.61 Å². The third-order valence-corrected chi connectivity index (χ3v) is 1.85. The minimum absolute atomic E-state index is 0.150. The van der Waals surface area contributed by atoms with E-state index in [1.54, 1.807) is 12.1 Å². The Morgan fingerprint density at radius 3 is 2.71 bits per heavy atom. The van der Waals surface area contributed by atoms with Crippen molar-refractivity contribution in [2.24, 2.45) is 0 Å². The molecule has 6 heteroatoms. The predicted molar refractivity (Wildman–Crippen MR) is 60.4 cm³/mol. The van der Waals surface area contributed by atoms with Crippen LogP contribution < -0.4 is 4.84 Å². The summed E-state index contributed by atoms with van der Waals surface area (Å²) in [6.07, 6.45) is 0. The second-order valence-electron chi connectivity index (χ2n) is 3.16. The maximum absolute atomic E-state index is 11.6. The number of hydrogen-bond acceptors (Lipinski definition) is 6. The normalized spacial score (nSPS) is 10.4. The molecule has 0 aromatic heterocycles. The fourth-order valence-electron chi connectivity index (χ4n) is 1.15. The summed E-state index contributed by atoms with van der Waals surface area (Å²) in [5, 5.41) is 11.0. The second kappa shape index (κ2) is 6.85. The zero-order valence-corrected chi connectivity index (χ0v) is 9.71. The number of benzene rings is 1. The van der Waals surface area contributed by atoms with E-state index in [1.807, 2.05) is 0 Å². The van der Waals surface area contributed by atoms with Gasteiger partial charge >= 0.3 is 5.97 Å². The lowest BCUT2D eigenvalue weighted by Gasteiger charge is -2.23. The quantitative estimate of drug-likeness (QED) is 0.423. The molecule has 0 N–H and O–H groups in total. The molecule has 0 saturated heterocycles. The molecule has 0 aliphatic carbocycles. The highest BCUT2D eigenvalue weighted by atomic mass is 16.9. The van der Waals surface area contributed by atoms with Gasteiger partial charge in [-0.2, -0.15) is 0 Å². The Bertz CT molecular complexity index is 367. The van der Waals surface area contributed by atoms with Gasteiger partial charge in [0.25, 0.3) is 0 Å². The monoisotopic (exact) mass is 240 g/mol. The van der Waals surface area contributed by atoms with Crippen molar-refractivity contribution in [2.45, 2.75) is 0 Å². The average Bonchev–Trinajstić information content (AvgIpc) is 2.29. The van der Waals surface area contributed by atoms with E-state index in [0.717, 1.165) is 0 Å². The highest BCUT2D eigenvalue weighted by Crippen LogP contribution is 2.19. The van der Waals surface area contributed by atoms with Crippen LogP contribution in [0.2, 0.25) is 0 Å². The zero-order valence-electron chi connectivity index (χ0n) is 9.71. The number of esters is 1. The van der Waals surface area contributed by atoms with Gasteiger partial charge in [0, 0.05) is 14.2 Å². The first kappa shape index (κ1) is 13.4. The number of methoxy groups -OCH3 is 1. The van der Waals surface area contributed by atoms with Crippen LogP contribution in [0.3, 0.4) is 0 Å². The topological polar surface area (TPSA) is 71.1 Å². The summed E-state index contributed by atoms with van der Waals surface area (Å²) < 4.78 is 9.68. The van der Waals surface area contributed by atoms with Crippen molar-refractivity contribution in [2.75, 3.05) is 27.4 Å². The SMILES string of the molecule is COCCOC(=O)c1ccccc1ON(C)[O-]. The van der Waals surface area contributed by atoms with E-state index in [0.29, 0.717) is 6.61 Å². The number of nitrogens with zero attached hydrogens (tertiary/aromatic N) is 1. The molecule has 94 valence electrons. The molecule has 6 nitrogen and oxygen atoms in total. The second-order valence-corrected chi connectivity index (χ2v) is 3.16. The molecule has 0 spiro atoms. The Morgan fingerprint density at radius 1 is 1.35 bits per heavy atom. The average molecular weight is 240 g/mol. The maximum Gasteiger partial charge on any atom is 0.342 e. The molecule has 0 unspecified atom stereocenters. The number of rotatable bonds is 6. The number of ether oxygens (including phenoxy) is 2. The largest absolute Gasteiger partial charge is 0.753 e. The van der Waals surface area contributed by atoms with E-state index in [1.165, 1.54) is 26.3 Å². The van der Waals surface area contributed by atoms with Gasteiger partial charge < -0.3 is 19.5 Å². The van der Waals surface area contributed by atoms with Crippen LogP contribution >= 0.6 is 0 Å². The van der Waals surface area contributed by atoms with Crippen LogP contribution in [0.1, 0.15) is 10.4 Å². The first-order valence-corrected chi connectivity index (χ1v) is 4.99. The molecule has 17 heavy (non-hydrogen) atoms. The standard InChI is InChI=1S/C11H14NO5/c1-12(14)17-10-6-4-3-5-9(10)11(13)16-8-7-15-2/h3-6H,7-8H2,1-2H3/q-1.